The summed E-state index contributed by atoms with van der Waals surface area (Å²) >= 11 is 12.8. The molecular weight excluding hydrogens is 433 g/mol. The van der Waals surface area contributed by atoms with E-state index in [0.717, 1.165) is 35.5 Å². The summed E-state index contributed by atoms with van der Waals surface area (Å²) in [5, 5.41) is 4.49. The van der Waals surface area contributed by atoms with Crippen molar-refractivity contribution in [1.29, 1.82) is 0 Å². The molecule has 5 nitrogen and oxygen atoms in total. The lowest BCUT2D eigenvalue weighted by molar-refractivity contribution is 0.295. The molecule has 0 unspecified atom stereocenters. The van der Waals surface area contributed by atoms with Gasteiger partial charge in [0.05, 0.1) is 0 Å². The van der Waals surface area contributed by atoms with E-state index in [1.165, 1.54) is 0 Å². The predicted molar refractivity (Wildman–Crippen MR) is 129 cm³/mol. The highest BCUT2D eigenvalue weighted by Gasteiger charge is 2.28. The lowest BCUT2D eigenvalue weighted by Crippen LogP contribution is -2.43. The van der Waals surface area contributed by atoms with Gasteiger partial charge in [0.2, 0.25) is 0 Å². The normalized spacial score (nSPS) is 16.5. The van der Waals surface area contributed by atoms with E-state index in [0.29, 0.717) is 21.4 Å². The predicted octanol–water partition coefficient (Wildman–Crippen LogP) is 4.75. The van der Waals surface area contributed by atoms with Crippen LogP contribution in [0.2, 0.25) is 10.0 Å². The minimum absolute atomic E-state index is 0.0946. The van der Waals surface area contributed by atoms with Gasteiger partial charge in [-0.25, -0.2) is 0 Å². The van der Waals surface area contributed by atoms with Crippen molar-refractivity contribution < 1.29 is 0 Å². The summed E-state index contributed by atoms with van der Waals surface area (Å²) < 4.78 is 0. The Balaban J connectivity index is 1.70. The highest BCUT2D eigenvalue weighted by Crippen LogP contribution is 2.39. The first-order valence-electron chi connectivity index (χ1n) is 10.3. The second kappa shape index (κ2) is 8.30. The van der Waals surface area contributed by atoms with Crippen LogP contribution < -0.4 is 21.1 Å². The van der Waals surface area contributed by atoms with E-state index >= 15 is 0 Å². The molecular formula is C24H25Cl2N3O2. The van der Waals surface area contributed by atoms with Crippen LogP contribution in [0.5, 0.6) is 0 Å². The van der Waals surface area contributed by atoms with Gasteiger partial charge in [0.15, 0.2) is 0 Å². The van der Waals surface area contributed by atoms with Gasteiger partial charge in [0.25, 0.3) is 10.9 Å². The first-order chi connectivity index (χ1) is 14.7. The number of nitrogens with one attached hydrogen (secondary N) is 1. The molecule has 0 amide bonds. The second-order valence-corrected chi connectivity index (χ2v) is 9.39. The Bertz CT molecular complexity index is 1210. The van der Waals surface area contributed by atoms with Crippen LogP contribution in [0.1, 0.15) is 36.5 Å². The Morgan fingerprint density at radius 3 is 2.58 bits per heavy atom. The summed E-state index contributed by atoms with van der Waals surface area (Å²) in [7, 11) is 3.89. The molecule has 0 saturated heterocycles. The van der Waals surface area contributed by atoms with Gasteiger partial charge in [-0.15, -0.1) is 0 Å². The molecule has 0 saturated carbocycles. The number of hydrogen-bond donors (Lipinski definition) is 1. The number of benzene rings is 2. The summed E-state index contributed by atoms with van der Waals surface area (Å²) in [5.74, 6) is 0.0946. The second-order valence-electron chi connectivity index (χ2n) is 8.54. The summed E-state index contributed by atoms with van der Waals surface area (Å²) in [6.07, 6.45) is 0. The molecule has 0 bridgehead atoms. The van der Waals surface area contributed by atoms with Gasteiger partial charge >= 0.3 is 0 Å². The Labute approximate surface area is 191 Å². The SMILES string of the molecule is CC(C)N(C)c1c(Nc2cccc([C@@H]3CN(C)Cc4c(Cl)cc(Cl)cc43)c2)c(=O)c1=O. The molecule has 4 rings (SSSR count). The summed E-state index contributed by atoms with van der Waals surface area (Å²) in [4.78, 5) is 28.4. The highest BCUT2D eigenvalue weighted by molar-refractivity contribution is 6.35. The Morgan fingerprint density at radius 1 is 1.13 bits per heavy atom. The third-order valence-electron chi connectivity index (χ3n) is 6.06. The van der Waals surface area contributed by atoms with Gasteiger partial charge in [0, 0.05) is 47.8 Å². The van der Waals surface area contributed by atoms with Crippen LogP contribution in [0.4, 0.5) is 17.1 Å². The molecule has 31 heavy (non-hydrogen) atoms. The minimum atomic E-state index is -0.478. The zero-order valence-corrected chi connectivity index (χ0v) is 19.5. The average Bonchev–Trinajstić information content (AvgIpc) is 2.73. The molecule has 3 aromatic carbocycles. The van der Waals surface area contributed by atoms with E-state index in [4.69, 9.17) is 23.2 Å². The largest absolute Gasteiger partial charge is 0.367 e. The quantitative estimate of drug-likeness (QED) is 0.559. The van der Waals surface area contributed by atoms with E-state index in [2.05, 4.69) is 23.3 Å². The smallest absolute Gasteiger partial charge is 0.253 e. The van der Waals surface area contributed by atoms with Crippen molar-refractivity contribution >= 4 is 40.3 Å². The molecule has 1 heterocycles. The summed E-state index contributed by atoms with van der Waals surface area (Å²) in [6.45, 7) is 5.56. The fourth-order valence-corrected chi connectivity index (χ4v) is 4.77. The van der Waals surface area contributed by atoms with Crippen molar-refractivity contribution in [3.05, 3.63) is 83.6 Å². The number of likely N-dealkylation sites (N-methyl/N-ethyl adjacent to an activating group) is 1. The third-order valence-corrected chi connectivity index (χ3v) is 6.62. The number of hydrogen-bond acceptors (Lipinski definition) is 5. The number of rotatable bonds is 5. The van der Waals surface area contributed by atoms with Crippen LogP contribution in [0.3, 0.4) is 0 Å². The van der Waals surface area contributed by atoms with Crippen LogP contribution in [0.15, 0.2) is 46.0 Å². The van der Waals surface area contributed by atoms with E-state index in [1.807, 2.05) is 50.1 Å². The first-order valence-corrected chi connectivity index (χ1v) is 11.0. The molecule has 0 spiro atoms. The van der Waals surface area contributed by atoms with Crippen molar-refractivity contribution in [3.8, 4) is 0 Å². The molecule has 162 valence electrons. The third kappa shape index (κ3) is 3.98. The molecule has 3 aromatic rings. The maximum absolute atomic E-state index is 12.2. The Hall–Kier alpha value is -2.34. The molecule has 0 fully saturated rings. The van der Waals surface area contributed by atoms with Crippen molar-refractivity contribution in [2.75, 3.05) is 30.9 Å². The fourth-order valence-electron chi connectivity index (χ4n) is 4.20. The molecule has 1 aliphatic heterocycles. The minimum Gasteiger partial charge on any atom is -0.367 e. The van der Waals surface area contributed by atoms with Crippen LogP contribution in [0.25, 0.3) is 0 Å². The van der Waals surface area contributed by atoms with Crippen molar-refractivity contribution in [2.24, 2.45) is 0 Å². The zero-order valence-electron chi connectivity index (χ0n) is 18.0. The lowest BCUT2D eigenvalue weighted by Gasteiger charge is -2.33. The van der Waals surface area contributed by atoms with E-state index in [-0.39, 0.29) is 12.0 Å². The monoisotopic (exact) mass is 457 g/mol. The Kier molecular flexibility index (Phi) is 5.86. The maximum Gasteiger partial charge on any atom is 0.253 e. The lowest BCUT2D eigenvalue weighted by atomic mass is 9.84. The van der Waals surface area contributed by atoms with Crippen LogP contribution in [-0.4, -0.2) is 31.6 Å². The van der Waals surface area contributed by atoms with E-state index in [1.54, 1.807) is 6.07 Å². The number of halogens is 2. The number of nitrogens with zero attached hydrogens (tertiary/aromatic N) is 2. The topological polar surface area (TPSA) is 52.6 Å². The molecule has 1 atom stereocenters. The van der Waals surface area contributed by atoms with Gasteiger partial charge < -0.3 is 15.1 Å². The summed E-state index contributed by atoms with van der Waals surface area (Å²) in [5.41, 5.74) is 3.95. The standard InChI is InChI=1S/C24H25Cl2N3O2/c1-13(2)29(4)22-21(23(30)24(22)31)27-16-7-5-6-14(8-16)18-11-28(3)12-19-17(18)9-15(25)10-20(19)26/h5-10,13,18,27H,11-12H2,1-4H3/t18-/m0/s1. The number of fused-ring (bicyclic) bond motifs is 1. The first kappa shape index (κ1) is 21.9. The fraction of sp³-hybridized carbons (Fsp3) is 0.333. The van der Waals surface area contributed by atoms with Gasteiger partial charge in [-0.3, -0.25) is 9.59 Å². The van der Waals surface area contributed by atoms with Crippen LogP contribution in [-0.2, 0) is 6.54 Å². The van der Waals surface area contributed by atoms with Gasteiger partial charge in [-0.1, -0.05) is 35.3 Å². The van der Waals surface area contributed by atoms with Crippen molar-refractivity contribution in [1.82, 2.24) is 4.90 Å². The Morgan fingerprint density at radius 2 is 1.87 bits per heavy atom. The maximum atomic E-state index is 12.2. The van der Waals surface area contributed by atoms with Crippen LogP contribution in [0, 0.1) is 0 Å². The summed E-state index contributed by atoms with van der Waals surface area (Å²) in [6, 6.07) is 11.8. The highest BCUT2D eigenvalue weighted by atomic mass is 35.5. The molecule has 7 heteroatoms. The van der Waals surface area contributed by atoms with E-state index < -0.39 is 10.9 Å². The molecule has 1 aliphatic rings. The number of anilines is 3. The zero-order chi connectivity index (χ0) is 22.4. The molecule has 0 aliphatic carbocycles. The van der Waals surface area contributed by atoms with Gasteiger partial charge in [-0.2, -0.15) is 0 Å². The molecule has 0 radical (unpaired) electrons. The van der Waals surface area contributed by atoms with Gasteiger partial charge in [0.1, 0.15) is 11.4 Å². The molecule has 1 N–H and O–H groups in total. The average molecular weight is 458 g/mol. The van der Waals surface area contributed by atoms with Gasteiger partial charge in [-0.05, 0) is 61.9 Å². The van der Waals surface area contributed by atoms with Crippen molar-refractivity contribution in [3.63, 3.8) is 0 Å². The van der Waals surface area contributed by atoms with Crippen molar-refractivity contribution in [2.45, 2.75) is 32.4 Å². The van der Waals surface area contributed by atoms with E-state index in [9.17, 15) is 9.59 Å². The molecule has 0 aromatic heterocycles. The van der Waals surface area contributed by atoms with Crippen LogP contribution >= 0.6 is 23.2 Å².